The summed E-state index contributed by atoms with van der Waals surface area (Å²) < 4.78 is 21.9. The van der Waals surface area contributed by atoms with Gasteiger partial charge in [-0.25, -0.2) is 4.79 Å². The molecule has 0 radical (unpaired) electrons. The van der Waals surface area contributed by atoms with Crippen molar-refractivity contribution in [1.82, 2.24) is 39.6 Å². The number of carboxylic acid groups (broad SMARTS) is 1. The molecule has 3 aromatic heterocycles. The molecule has 5 N–H and O–H groups in total. The van der Waals surface area contributed by atoms with E-state index in [2.05, 4.69) is 36.6 Å². The minimum atomic E-state index is -0.828. The number of para-hydroxylation sites is 6. The number of benzene rings is 7. The Labute approximate surface area is 645 Å². The van der Waals surface area contributed by atoms with Gasteiger partial charge in [0.2, 0.25) is 0 Å². The molecule has 5 aliphatic heterocycles. The van der Waals surface area contributed by atoms with Gasteiger partial charge in [0.05, 0.1) is 85.6 Å². The third-order valence-electron chi connectivity index (χ3n) is 21.2. The number of rotatable bonds is 18. The van der Waals surface area contributed by atoms with Crippen molar-refractivity contribution in [2.24, 2.45) is 33.0 Å². The first-order valence-electron chi connectivity index (χ1n) is 37.8. The second-order valence-electron chi connectivity index (χ2n) is 28.9. The van der Waals surface area contributed by atoms with Gasteiger partial charge in [-0.3, -0.25) is 42.8 Å². The molecule has 2 saturated heterocycles. The summed E-state index contributed by atoms with van der Waals surface area (Å²) in [5, 5.41) is 35.5. The Morgan fingerprint density at radius 3 is 1.18 bits per heavy atom. The fourth-order valence-corrected chi connectivity index (χ4v) is 14.6. The predicted octanol–water partition coefficient (Wildman–Crippen LogP) is 13.9. The van der Waals surface area contributed by atoms with Crippen molar-refractivity contribution in [3.05, 3.63) is 249 Å². The van der Waals surface area contributed by atoms with Crippen LogP contribution in [-0.4, -0.2) is 120 Å². The Kier molecular flexibility index (Phi) is 24.4. The number of aliphatic carboxylic acids is 1. The van der Waals surface area contributed by atoms with E-state index in [1.165, 1.54) is 0 Å². The summed E-state index contributed by atoms with van der Waals surface area (Å²) in [5.41, 5.74) is 16.4. The largest absolute Gasteiger partial charge is 0.481 e. The maximum Gasteiger partial charge on any atom is 0.410 e. The lowest BCUT2D eigenvalue weighted by Gasteiger charge is -2.31. The highest BCUT2D eigenvalue weighted by Gasteiger charge is 2.32. The highest BCUT2D eigenvalue weighted by atomic mass is 16.6. The lowest BCUT2D eigenvalue weighted by Crippen LogP contribution is -2.39. The second-order valence-corrected chi connectivity index (χ2v) is 28.9. The summed E-state index contributed by atoms with van der Waals surface area (Å²) in [4.78, 5) is 96.2. The first-order valence-corrected chi connectivity index (χ1v) is 37.8. The monoisotopic (exact) mass is 1500 g/mol. The number of carboxylic acids is 1. The van der Waals surface area contributed by atoms with E-state index in [0.717, 1.165) is 146 Å². The number of nitrogens with one attached hydrogen (secondary N) is 4. The zero-order valence-electron chi connectivity index (χ0n) is 63.5. The highest BCUT2D eigenvalue weighted by molar-refractivity contribution is 6.10. The van der Waals surface area contributed by atoms with Gasteiger partial charge in [-0.05, 0) is 202 Å². The van der Waals surface area contributed by atoms with Gasteiger partial charge in [0.15, 0.2) is 0 Å². The predicted molar refractivity (Wildman–Crippen MR) is 425 cm³/mol. The van der Waals surface area contributed by atoms with E-state index < -0.39 is 5.97 Å². The van der Waals surface area contributed by atoms with Gasteiger partial charge < -0.3 is 60.2 Å². The number of anilines is 9. The number of nitrogens with zero attached hydrogens (tertiary/aromatic N) is 10. The van der Waals surface area contributed by atoms with Crippen LogP contribution in [0, 0.1) is 32.6 Å². The molecule has 574 valence electrons. The van der Waals surface area contributed by atoms with Crippen LogP contribution in [0.15, 0.2) is 176 Å². The van der Waals surface area contributed by atoms with Crippen molar-refractivity contribution in [2.45, 2.75) is 111 Å². The van der Waals surface area contributed by atoms with Crippen LogP contribution < -0.4 is 36.0 Å². The third-order valence-corrected chi connectivity index (χ3v) is 21.2. The van der Waals surface area contributed by atoms with Crippen molar-refractivity contribution in [3.63, 3.8) is 0 Å². The number of aromatic nitrogens is 6. The topological polar surface area (TPSA) is 282 Å². The number of likely N-dealkylation sites (tertiary alicyclic amines) is 1. The molecule has 0 spiro atoms. The number of hydrogen-bond donors (Lipinski definition) is 5. The summed E-state index contributed by atoms with van der Waals surface area (Å²) in [6.07, 6.45) is 10.9. The Hall–Kier alpha value is -12.4. The Balaban J connectivity index is 0.000000150. The van der Waals surface area contributed by atoms with Gasteiger partial charge in [0.1, 0.15) is 24.1 Å². The molecular formula is C86H94N14O11. The summed E-state index contributed by atoms with van der Waals surface area (Å²) in [5.74, 6) is 1.79. The third kappa shape index (κ3) is 18.7. The lowest BCUT2D eigenvalue weighted by atomic mass is 9.98. The molecule has 25 nitrogen and oxygen atoms in total. The number of aryl methyl sites for hydroxylation is 9. The van der Waals surface area contributed by atoms with Crippen LogP contribution in [0.5, 0.6) is 0 Å². The van der Waals surface area contributed by atoms with Crippen LogP contribution in [-0.2, 0) is 95.2 Å². The summed E-state index contributed by atoms with van der Waals surface area (Å²) >= 11 is 0. The van der Waals surface area contributed by atoms with Crippen molar-refractivity contribution in [2.75, 3.05) is 70.0 Å². The van der Waals surface area contributed by atoms with E-state index >= 15 is 0 Å². The van der Waals surface area contributed by atoms with Gasteiger partial charge in [-0.2, -0.15) is 15.3 Å². The minimum absolute atomic E-state index is 0.0722. The molecule has 0 aliphatic carbocycles. The molecule has 5 aliphatic rings. The summed E-state index contributed by atoms with van der Waals surface area (Å²) in [7, 11) is 5.63. The molecule has 7 aromatic carbocycles. The van der Waals surface area contributed by atoms with Crippen molar-refractivity contribution >= 4 is 93.3 Å². The Morgan fingerprint density at radius 2 is 0.802 bits per heavy atom. The van der Waals surface area contributed by atoms with Gasteiger partial charge in [0, 0.05) is 86.9 Å². The molecule has 25 heteroatoms. The van der Waals surface area contributed by atoms with Crippen LogP contribution in [0.3, 0.4) is 0 Å². The normalized spacial score (nSPS) is 14.3. The number of ether oxygens (including phenoxy) is 3. The number of piperidine rings is 2. The highest BCUT2D eigenvalue weighted by Crippen LogP contribution is 2.40. The standard InChI is InChI=1S/C36H39N5O5.C28H33N5O3.C22H22N4O3/c1-25-20-29(35(43)41-22-30-21-37-39(2)34(30)38-31-10-6-7-11-32(31)41)13-12-28(25)14-15-33(42)45-23-27-16-18-40(19-17-27)36(44)46-24-26-8-4-3-5-9-26;1-19-15-22(8-7-21(19)9-10-26(34)36-18-20-11-13-29-14-12-20)28(35)33-17-23-16-30-32(2)27(23)31-24-5-3-4-6-25(24)33;1-14-11-16(8-7-15(14)9-10-20(27)28)22(29)26-13-17-12-23-25(2)21(17)24-18-5-3-4-6-19(18)26/h3-13,20-21,27,38H,14-19,22-24H2,1-2H3;3-8,15-16,20,29,31H,9-14,17-18H2,1-2H3;3-8,11-12,24H,9-10,13H2,1-2H3,(H,27,28). The fraction of sp³-hybridized carbons (Fsp3) is 0.326. The number of hydrogen-bond acceptors (Lipinski definition) is 17. The zero-order valence-corrected chi connectivity index (χ0v) is 63.5. The van der Waals surface area contributed by atoms with Gasteiger partial charge in [0.25, 0.3) is 17.7 Å². The van der Waals surface area contributed by atoms with E-state index in [-0.39, 0.29) is 61.1 Å². The SMILES string of the molecule is Cc1cc(C(=O)N2Cc3cnn(C)c3Nc3ccccc32)ccc1CCC(=O)O.Cc1cc(C(=O)N2Cc3cnn(C)c3Nc3ccccc32)ccc1CCC(=O)OCC1CCN(C(=O)OCc2ccccc2)CC1.Cc1cc(C(=O)N2Cc3cnn(C)c3Nc3ccccc32)ccc1CCC(=O)OCC1CCNCC1. The molecule has 0 unspecified atom stereocenters. The van der Waals surface area contributed by atoms with E-state index in [1.54, 1.807) is 58.3 Å². The van der Waals surface area contributed by atoms with Crippen LogP contribution in [0.4, 0.5) is 56.4 Å². The van der Waals surface area contributed by atoms with Crippen LogP contribution in [0.25, 0.3) is 0 Å². The molecule has 2 fully saturated rings. The number of carbonyl (C=O) groups excluding carboxylic acids is 6. The molecular weight excluding hydrogens is 1410 g/mol. The molecule has 0 atom stereocenters. The van der Waals surface area contributed by atoms with Crippen LogP contribution in [0.1, 0.15) is 132 Å². The number of fused-ring (bicyclic) bond motifs is 6. The Morgan fingerprint density at radius 1 is 0.441 bits per heavy atom. The molecule has 8 heterocycles. The van der Waals surface area contributed by atoms with Crippen molar-refractivity contribution < 1.29 is 52.9 Å². The Bertz CT molecular complexity index is 5050. The number of carbonyl (C=O) groups is 7. The van der Waals surface area contributed by atoms with Crippen LogP contribution >= 0.6 is 0 Å². The number of amides is 4. The fourth-order valence-electron chi connectivity index (χ4n) is 14.6. The van der Waals surface area contributed by atoms with Crippen molar-refractivity contribution in [3.8, 4) is 0 Å². The molecule has 15 rings (SSSR count). The van der Waals surface area contributed by atoms with E-state index in [4.69, 9.17) is 19.3 Å². The first-order chi connectivity index (χ1) is 53.8. The molecule has 10 aromatic rings. The average molecular weight is 1500 g/mol. The van der Waals surface area contributed by atoms with Gasteiger partial charge >= 0.3 is 24.0 Å². The lowest BCUT2D eigenvalue weighted by molar-refractivity contribution is -0.146. The minimum Gasteiger partial charge on any atom is -0.481 e. The maximum atomic E-state index is 13.8. The molecule has 4 amide bonds. The van der Waals surface area contributed by atoms with Gasteiger partial charge in [-0.15, -0.1) is 0 Å². The number of esters is 2. The zero-order chi connectivity index (χ0) is 77.7. The van der Waals surface area contributed by atoms with Gasteiger partial charge in [-0.1, -0.05) is 84.9 Å². The molecule has 0 bridgehead atoms. The van der Waals surface area contributed by atoms with E-state index in [9.17, 15) is 33.6 Å². The first kappa shape index (κ1) is 76.8. The average Bonchev–Trinajstić information content (AvgIpc) is 1.65. The van der Waals surface area contributed by atoms with Crippen LogP contribution in [0.2, 0.25) is 0 Å². The second kappa shape index (κ2) is 35.3. The van der Waals surface area contributed by atoms with E-state index in [1.807, 2.05) is 194 Å². The summed E-state index contributed by atoms with van der Waals surface area (Å²) in [6.45, 7) is 11.4. The quantitative estimate of drug-likeness (QED) is 0.0394. The molecule has 0 saturated carbocycles. The maximum absolute atomic E-state index is 13.8. The van der Waals surface area contributed by atoms with Crippen molar-refractivity contribution in [1.29, 1.82) is 0 Å². The summed E-state index contributed by atoms with van der Waals surface area (Å²) in [6, 6.07) is 49.8. The smallest absolute Gasteiger partial charge is 0.410 e. The molecule has 111 heavy (non-hydrogen) atoms. The van der Waals surface area contributed by atoms with E-state index in [0.29, 0.717) is 94.2 Å².